The Balaban J connectivity index is 1.62. The second kappa shape index (κ2) is 6.51. The highest BCUT2D eigenvalue weighted by Crippen LogP contribution is 2.32. The number of rotatable bonds is 4. The molecule has 7 nitrogen and oxygen atoms in total. The number of carbonyl (C=O) groups is 3. The van der Waals surface area contributed by atoms with Crippen molar-refractivity contribution in [2.24, 2.45) is 0 Å². The van der Waals surface area contributed by atoms with Gasteiger partial charge in [-0.3, -0.25) is 15.0 Å². The van der Waals surface area contributed by atoms with Gasteiger partial charge in [-0.15, -0.1) is 0 Å². The summed E-state index contributed by atoms with van der Waals surface area (Å²) < 4.78 is 0. The van der Waals surface area contributed by atoms with Gasteiger partial charge in [-0.1, -0.05) is 37.5 Å². The van der Waals surface area contributed by atoms with Gasteiger partial charge < -0.3 is 10.2 Å². The SMILES string of the molecule is CN(CC(=O)NN1C(=O)NC2(CCCCC2)C1=O)c1ccccc1. The van der Waals surface area contributed by atoms with Crippen LogP contribution in [-0.4, -0.2) is 42.0 Å². The van der Waals surface area contributed by atoms with Crippen molar-refractivity contribution >= 4 is 23.5 Å². The van der Waals surface area contributed by atoms with Crippen molar-refractivity contribution in [1.82, 2.24) is 15.8 Å². The van der Waals surface area contributed by atoms with Crippen LogP contribution < -0.4 is 15.6 Å². The van der Waals surface area contributed by atoms with E-state index in [0.717, 1.165) is 30.0 Å². The molecule has 1 aliphatic carbocycles. The number of likely N-dealkylation sites (N-methyl/N-ethyl adjacent to an activating group) is 1. The van der Waals surface area contributed by atoms with Crippen LogP contribution in [0.3, 0.4) is 0 Å². The number of imide groups is 1. The maximum atomic E-state index is 12.6. The van der Waals surface area contributed by atoms with Crippen molar-refractivity contribution in [1.29, 1.82) is 0 Å². The van der Waals surface area contributed by atoms with Crippen molar-refractivity contribution in [3.05, 3.63) is 30.3 Å². The van der Waals surface area contributed by atoms with E-state index in [-0.39, 0.29) is 12.5 Å². The van der Waals surface area contributed by atoms with E-state index < -0.39 is 17.5 Å². The van der Waals surface area contributed by atoms with Crippen molar-refractivity contribution in [3.8, 4) is 0 Å². The highest BCUT2D eigenvalue weighted by Gasteiger charge is 2.52. The zero-order valence-corrected chi connectivity index (χ0v) is 13.7. The number of anilines is 1. The van der Waals surface area contributed by atoms with E-state index in [0.29, 0.717) is 12.8 Å². The highest BCUT2D eigenvalue weighted by molar-refractivity contribution is 6.08. The molecule has 0 radical (unpaired) electrons. The lowest BCUT2D eigenvalue weighted by molar-refractivity contribution is -0.139. The Morgan fingerprint density at radius 1 is 1.21 bits per heavy atom. The van der Waals surface area contributed by atoms with Crippen LogP contribution in [0.5, 0.6) is 0 Å². The van der Waals surface area contributed by atoms with Gasteiger partial charge >= 0.3 is 6.03 Å². The van der Waals surface area contributed by atoms with Crippen molar-refractivity contribution in [2.75, 3.05) is 18.5 Å². The molecule has 1 spiro atoms. The molecule has 2 N–H and O–H groups in total. The average Bonchev–Trinajstić information content (AvgIpc) is 2.80. The largest absolute Gasteiger partial charge is 0.365 e. The van der Waals surface area contributed by atoms with Gasteiger partial charge in [0, 0.05) is 12.7 Å². The molecule has 2 aliphatic rings. The van der Waals surface area contributed by atoms with Crippen LogP contribution in [0.1, 0.15) is 32.1 Å². The molecule has 7 heteroatoms. The third kappa shape index (κ3) is 3.06. The van der Waals surface area contributed by atoms with Crippen LogP contribution in [0.25, 0.3) is 0 Å². The van der Waals surface area contributed by atoms with Gasteiger partial charge in [0.2, 0.25) is 0 Å². The molecular weight excluding hydrogens is 308 g/mol. The first-order valence-electron chi connectivity index (χ1n) is 8.24. The highest BCUT2D eigenvalue weighted by atomic mass is 16.2. The maximum Gasteiger partial charge on any atom is 0.344 e. The molecule has 2 fully saturated rings. The summed E-state index contributed by atoms with van der Waals surface area (Å²) in [5.74, 6) is -0.749. The van der Waals surface area contributed by atoms with E-state index in [1.165, 1.54) is 0 Å². The van der Waals surface area contributed by atoms with Gasteiger partial charge in [-0.05, 0) is 25.0 Å². The van der Waals surface area contributed by atoms with Gasteiger partial charge in [-0.25, -0.2) is 4.79 Å². The normalized spacial score (nSPS) is 19.3. The number of benzene rings is 1. The molecule has 1 aliphatic heterocycles. The van der Waals surface area contributed by atoms with Crippen molar-refractivity contribution < 1.29 is 14.4 Å². The van der Waals surface area contributed by atoms with E-state index in [9.17, 15) is 14.4 Å². The molecule has 1 heterocycles. The third-order valence-electron chi connectivity index (χ3n) is 4.68. The second-order valence-electron chi connectivity index (χ2n) is 6.44. The van der Waals surface area contributed by atoms with E-state index >= 15 is 0 Å². The number of hydrogen-bond donors (Lipinski definition) is 2. The Morgan fingerprint density at radius 3 is 2.54 bits per heavy atom. The summed E-state index contributed by atoms with van der Waals surface area (Å²) in [6.45, 7) is 0.0497. The van der Waals surface area contributed by atoms with Crippen LogP contribution >= 0.6 is 0 Å². The molecule has 1 aromatic rings. The van der Waals surface area contributed by atoms with E-state index in [2.05, 4.69) is 10.7 Å². The standard InChI is InChI=1S/C17H22N4O3/c1-20(13-8-4-2-5-9-13)12-14(22)19-21-15(23)17(18-16(21)24)10-6-3-7-11-17/h2,4-5,8-9H,3,6-7,10-12H2,1H3,(H,18,24)(H,19,22). The van der Waals surface area contributed by atoms with E-state index in [4.69, 9.17) is 0 Å². The minimum Gasteiger partial charge on any atom is -0.365 e. The number of amides is 4. The number of carbonyl (C=O) groups excluding carboxylic acids is 3. The molecule has 0 unspecified atom stereocenters. The Morgan fingerprint density at radius 2 is 1.88 bits per heavy atom. The van der Waals surface area contributed by atoms with Gasteiger partial charge in [0.15, 0.2) is 0 Å². The molecule has 1 saturated carbocycles. The predicted molar refractivity (Wildman–Crippen MR) is 89.0 cm³/mol. The topological polar surface area (TPSA) is 81.8 Å². The summed E-state index contributed by atoms with van der Waals surface area (Å²) in [7, 11) is 1.78. The lowest BCUT2D eigenvalue weighted by Gasteiger charge is -2.30. The van der Waals surface area contributed by atoms with Crippen LogP contribution in [0.4, 0.5) is 10.5 Å². The fourth-order valence-corrected chi connectivity index (χ4v) is 3.37. The molecule has 4 amide bonds. The number of nitrogens with one attached hydrogen (secondary N) is 2. The van der Waals surface area contributed by atoms with Crippen LogP contribution in [0.2, 0.25) is 0 Å². The van der Waals surface area contributed by atoms with Crippen LogP contribution in [0, 0.1) is 0 Å². The molecule has 3 rings (SSSR count). The van der Waals surface area contributed by atoms with E-state index in [1.807, 2.05) is 30.3 Å². The average molecular weight is 330 g/mol. The fraction of sp³-hybridized carbons (Fsp3) is 0.471. The molecule has 0 aromatic heterocycles. The van der Waals surface area contributed by atoms with Crippen molar-refractivity contribution in [3.63, 3.8) is 0 Å². The summed E-state index contributed by atoms with van der Waals surface area (Å²) in [6, 6.07) is 8.89. The quantitative estimate of drug-likeness (QED) is 0.818. The number of para-hydroxylation sites is 1. The summed E-state index contributed by atoms with van der Waals surface area (Å²) in [4.78, 5) is 38.7. The number of hydrogen-bond acceptors (Lipinski definition) is 4. The molecule has 128 valence electrons. The Labute approximate surface area is 141 Å². The first-order chi connectivity index (χ1) is 11.5. The van der Waals surface area contributed by atoms with Gasteiger partial charge in [0.05, 0.1) is 6.54 Å². The lowest BCUT2D eigenvalue weighted by atomic mass is 9.82. The first-order valence-corrected chi connectivity index (χ1v) is 8.24. The summed E-state index contributed by atoms with van der Waals surface area (Å²) in [5.41, 5.74) is 2.50. The van der Waals surface area contributed by atoms with Gasteiger partial charge in [0.25, 0.3) is 11.8 Å². The fourth-order valence-electron chi connectivity index (χ4n) is 3.37. The number of nitrogens with zero attached hydrogens (tertiary/aromatic N) is 2. The Bertz CT molecular complexity index is 640. The molecule has 1 aromatic carbocycles. The smallest absolute Gasteiger partial charge is 0.344 e. The second-order valence-corrected chi connectivity index (χ2v) is 6.44. The summed E-state index contributed by atoms with van der Waals surface area (Å²) in [6.07, 6.45) is 4.15. The summed E-state index contributed by atoms with van der Waals surface area (Å²) in [5, 5.41) is 3.61. The lowest BCUT2D eigenvalue weighted by Crippen LogP contribution is -2.52. The first kappa shape index (κ1) is 16.3. The predicted octanol–water partition coefficient (Wildman–Crippen LogP) is 1.41. The monoisotopic (exact) mass is 330 g/mol. The van der Waals surface area contributed by atoms with Gasteiger partial charge in [0.1, 0.15) is 5.54 Å². The minimum atomic E-state index is -0.825. The zero-order valence-electron chi connectivity index (χ0n) is 13.7. The van der Waals surface area contributed by atoms with Gasteiger partial charge in [-0.2, -0.15) is 5.01 Å². The Kier molecular flexibility index (Phi) is 4.42. The third-order valence-corrected chi connectivity index (χ3v) is 4.68. The van der Waals surface area contributed by atoms with Crippen molar-refractivity contribution in [2.45, 2.75) is 37.6 Å². The maximum absolute atomic E-state index is 12.6. The molecular formula is C17H22N4O3. The number of urea groups is 1. The van der Waals surface area contributed by atoms with Crippen LogP contribution in [0.15, 0.2) is 30.3 Å². The summed E-state index contributed by atoms with van der Waals surface area (Å²) >= 11 is 0. The van der Waals surface area contributed by atoms with E-state index in [1.54, 1.807) is 11.9 Å². The molecule has 0 bridgehead atoms. The molecule has 0 atom stereocenters. The minimum absolute atomic E-state index is 0.0497. The molecule has 24 heavy (non-hydrogen) atoms. The number of hydrazine groups is 1. The van der Waals surface area contributed by atoms with Crippen LogP contribution in [-0.2, 0) is 9.59 Å². The molecule has 1 saturated heterocycles. The Hall–Kier alpha value is -2.57. The zero-order chi connectivity index (χ0) is 17.2.